The van der Waals surface area contributed by atoms with Crippen LogP contribution in [0.3, 0.4) is 0 Å². The van der Waals surface area contributed by atoms with Crippen LogP contribution in [-0.4, -0.2) is 20.2 Å². The van der Waals surface area contributed by atoms with Crippen LogP contribution in [0.4, 0.5) is 0 Å². The quantitative estimate of drug-likeness (QED) is 0.495. The third-order valence-electron chi connectivity index (χ3n) is 4.51. The number of methoxy groups -OCH3 is 2. The molecule has 3 aromatic rings. The fourth-order valence-corrected chi connectivity index (χ4v) is 3.08. The minimum Gasteiger partial charge on any atom is -0.497 e. The molecule has 134 valence electrons. The highest BCUT2D eigenvalue weighted by Gasteiger charge is 2.22. The van der Waals surface area contributed by atoms with E-state index in [0.29, 0.717) is 22.8 Å². The second-order valence-electron chi connectivity index (χ2n) is 6.17. The fraction of sp³-hybridized carbons (Fsp3) is 0.0870. The Hall–Kier alpha value is -3.53. The topological polar surface area (TPSA) is 44.8 Å². The first-order valence-electron chi connectivity index (χ1n) is 8.55. The van der Waals surface area contributed by atoms with Crippen LogP contribution < -0.4 is 9.47 Å². The molecule has 0 radical (unpaired) electrons. The van der Waals surface area contributed by atoms with E-state index in [4.69, 9.17) is 14.2 Å². The van der Waals surface area contributed by atoms with Gasteiger partial charge in [0.25, 0.3) is 0 Å². The van der Waals surface area contributed by atoms with Crippen molar-refractivity contribution in [3.05, 3.63) is 83.4 Å². The molecule has 0 unspecified atom stereocenters. The molecule has 1 aliphatic rings. The van der Waals surface area contributed by atoms with E-state index in [1.54, 1.807) is 32.4 Å². The van der Waals surface area contributed by atoms with E-state index in [0.717, 1.165) is 21.9 Å². The van der Waals surface area contributed by atoms with Gasteiger partial charge in [0.15, 0.2) is 0 Å². The van der Waals surface area contributed by atoms with Crippen molar-refractivity contribution < 1.29 is 19.0 Å². The molecule has 0 saturated heterocycles. The molecule has 0 atom stereocenters. The highest BCUT2D eigenvalue weighted by Crippen LogP contribution is 2.32. The number of hydrogen-bond acceptors (Lipinski definition) is 4. The van der Waals surface area contributed by atoms with Crippen LogP contribution in [0.15, 0.2) is 72.3 Å². The zero-order valence-corrected chi connectivity index (χ0v) is 15.1. The van der Waals surface area contributed by atoms with Crippen LogP contribution in [0.2, 0.25) is 0 Å². The van der Waals surface area contributed by atoms with E-state index < -0.39 is 0 Å². The van der Waals surface area contributed by atoms with E-state index in [1.807, 2.05) is 48.5 Å². The van der Waals surface area contributed by atoms with E-state index in [9.17, 15) is 4.79 Å². The minimum atomic E-state index is -0.379. The molecule has 4 nitrogen and oxygen atoms in total. The maximum absolute atomic E-state index is 12.3. The second kappa shape index (κ2) is 7.00. The molecular weight excluding hydrogens is 340 g/mol. The second-order valence-corrected chi connectivity index (χ2v) is 6.17. The Morgan fingerprint density at radius 1 is 0.889 bits per heavy atom. The Balaban J connectivity index is 1.71. The van der Waals surface area contributed by atoms with Gasteiger partial charge in [-0.05, 0) is 41.1 Å². The summed E-state index contributed by atoms with van der Waals surface area (Å²) in [7, 11) is 3.18. The van der Waals surface area contributed by atoms with Crippen molar-refractivity contribution in [2.75, 3.05) is 14.2 Å². The predicted octanol–water partition coefficient (Wildman–Crippen LogP) is 4.84. The molecule has 0 amide bonds. The van der Waals surface area contributed by atoms with Gasteiger partial charge in [0.05, 0.1) is 19.8 Å². The van der Waals surface area contributed by atoms with Crippen molar-refractivity contribution in [1.82, 2.24) is 0 Å². The number of rotatable bonds is 4. The first kappa shape index (κ1) is 16.9. The maximum Gasteiger partial charge on any atom is 0.343 e. The van der Waals surface area contributed by atoms with Crippen molar-refractivity contribution in [3.63, 3.8) is 0 Å². The molecule has 0 spiro atoms. The molecule has 0 aliphatic carbocycles. The molecule has 4 rings (SSSR count). The summed E-state index contributed by atoms with van der Waals surface area (Å²) in [6.45, 7) is 0. The molecule has 1 heterocycles. The lowest BCUT2D eigenvalue weighted by Crippen LogP contribution is -1.98. The summed E-state index contributed by atoms with van der Waals surface area (Å²) in [4.78, 5) is 12.3. The summed E-state index contributed by atoms with van der Waals surface area (Å²) in [6.07, 6.45) is 3.52. The Morgan fingerprint density at radius 3 is 2.48 bits per heavy atom. The molecule has 3 aromatic carbocycles. The fourth-order valence-electron chi connectivity index (χ4n) is 3.08. The van der Waals surface area contributed by atoms with Crippen LogP contribution in [0, 0.1) is 0 Å². The van der Waals surface area contributed by atoms with Gasteiger partial charge in [-0.25, -0.2) is 4.79 Å². The van der Waals surface area contributed by atoms with Crippen molar-refractivity contribution >= 4 is 28.6 Å². The van der Waals surface area contributed by atoms with Crippen LogP contribution in [0.5, 0.6) is 11.5 Å². The number of benzene rings is 3. The molecule has 0 fully saturated rings. The van der Waals surface area contributed by atoms with Crippen molar-refractivity contribution in [3.8, 4) is 11.5 Å². The highest BCUT2D eigenvalue weighted by molar-refractivity contribution is 6.05. The normalized spacial score (nSPS) is 15.0. The molecule has 0 bridgehead atoms. The summed E-state index contributed by atoms with van der Waals surface area (Å²) in [6, 6.07) is 19.5. The van der Waals surface area contributed by atoms with Gasteiger partial charge in [-0.2, -0.15) is 0 Å². The molecule has 1 aliphatic heterocycles. The summed E-state index contributed by atoms with van der Waals surface area (Å²) >= 11 is 0. The molecule has 0 aromatic heterocycles. The summed E-state index contributed by atoms with van der Waals surface area (Å²) < 4.78 is 16.1. The van der Waals surface area contributed by atoms with Gasteiger partial charge in [0, 0.05) is 17.2 Å². The van der Waals surface area contributed by atoms with Crippen LogP contribution in [0.1, 0.15) is 11.1 Å². The third-order valence-corrected chi connectivity index (χ3v) is 4.51. The number of hydrogen-bond donors (Lipinski definition) is 0. The van der Waals surface area contributed by atoms with Gasteiger partial charge in [-0.3, -0.25) is 0 Å². The van der Waals surface area contributed by atoms with Gasteiger partial charge in [0.1, 0.15) is 17.3 Å². The number of fused-ring (bicyclic) bond motifs is 1. The van der Waals surface area contributed by atoms with Crippen molar-refractivity contribution in [2.24, 2.45) is 0 Å². The summed E-state index contributed by atoms with van der Waals surface area (Å²) in [5.41, 5.74) is 2.12. The Bertz CT molecular complexity index is 1090. The molecule has 27 heavy (non-hydrogen) atoms. The third kappa shape index (κ3) is 3.29. The first-order chi connectivity index (χ1) is 13.2. The Morgan fingerprint density at radius 2 is 1.70 bits per heavy atom. The number of esters is 1. The van der Waals surface area contributed by atoms with Crippen LogP contribution >= 0.6 is 0 Å². The van der Waals surface area contributed by atoms with E-state index in [1.165, 1.54) is 0 Å². The van der Waals surface area contributed by atoms with Gasteiger partial charge in [-0.1, -0.05) is 36.4 Å². The monoisotopic (exact) mass is 358 g/mol. The largest absolute Gasteiger partial charge is 0.497 e. The van der Waals surface area contributed by atoms with Crippen molar-refractivity contribution in [1.29, 1.82) is 0 Å². The SMILES string of the molecule is COc1ccc(/C=C2/C=C(c3ccc4ccccc4c3)OC2=O)c(OC)c1. The predicted molar refractivity (Wildman–Crippen MR) is 106 cm³/mol. The zero-order valence-electron chi connectivity index (χ0n) is 15.1. The highest BCUT2D eigenvalue weighted by atomic mass is 16.5. The average molecular weight is 358 g/mol. The average Bonchev–Trinajstić information content (AvgIpc) is 3.08. The molecule has 4 heteroatoms. The van der Waals surface area contributed by atoms with E-state index in [-0.39, 0.29) is 5.97 Å². The van der Waals surface area contributed by atoms with E-state index >= 15 is 0 Å². The zero-order chi connectivity index (χ0) is 18.8. The minimum absolute atomic E-state index is 0.379. The number of cyclic esters (lactones) is 1. The molecular formula is C23H18O4. The standard InChI is InChI=1S/C23H18O4/c1-25-20-10-9-17(21(14-20)26-2)12-19-13-22(27-23(19)24)18-8-7-15-5-3-4-6-16(15)11-18/h3-14H,1-2H3/b19-12-. The van der Waals surface area contributed by atoms with Gasteiger partial charge >= 0.3 is 5.97 Å². The molecule has 0 saturated carbocycles. The van der Waals surface area contributed by atoms with Crippen molar-refractivity contribution in [2.45, 2.75) is 0 Å². The Labute approximate surface area is 157 Å². The van der Waals surface area contributed by atoms with Gasteiger partial charge in [-0.15, -0.1) is 0 Å². The first-order valence-corrected chi connectivity index (χ1v) is 8.55. The maximum atomic E-state index is 12.3. The molecule has 0 N–H and O–H groups in total. The van der Waals surface area contributed by atoms with E-state index in [2.05, 4.69) is 6.07 Å². The Kier molecular flexibility index (Phi) is 4.38. The number of carbonyl (C=O) groups is 1. The van der Waals surface area contributed by atoms with Gasteiger partial charge < -0.3 is 14.2 Å². The lowest BCUT2D eigenvalue weighted by molar-refractivity contribution is -0.130. The number of carbonyl (C=O) groups excluding carboxylic acids is 1. The van der Waals surface area contributed by atoms with Crippen LogP contribution in [0.25, 0.3) is 22.6 Å². The summed E-state index contributed by atoms with van der Waals surface area (Å²) in [5.74, 6) is 1.48. The smallest absolute Gasteiger partial charge is 0.343 e. The van der Waals surface area contributed by atoms with Crippen LogP contribution in [-0.2, 0) is 9.53 Å². The lowest BCUT2D eigenvalue weighted by Gasteiger charge is -2.07. The number of ether oxygens (including phenoxy) is 3. The summed E-state index contributed by atoms with van der Waals surface area (Å²) in [5, 5.41) is 2.24. The lowest BCUT2D eigenvalue weighted by atomic mass is 10.0. The van der Waals surface area contributed by atoms with Gasteiger partial charge in [0.2, 0.25) is 0 Å².